The third-order valence-electron chi connectivity index (χ3n) is 3.61. The Morgan fingerprint density at radius 1 is 1.17 bits per heavy atom. The van der Waals surface area contributed by atoms with Crippen molar-refractivity contribution < 1.29 is 16.2 Å². The molecule has 3 rings (SSSR count). The van der Waals surface area contributed by atoms with E-state index in [1.54, 1.807) is 0 Å². The van der Waals surface area contributed by atoms with Crippen LogP contribution in [0.2, 0.25) is 0 Å². The van der Waals surface area contributed by atoms with Crippen molar-refractivity contribution in [2.24, 2.45) is 0 Å². The fourth-order valence-electron chi connectivity index (χ4n) is 1.81. The molecule has 1 fully saturated rings. The van der Waals surface area contributed by atoms with Gasteiger partial charge >= 0.3 is 7.12 Å². The summed E-state index contributed by atoms with van der Waals surface area (Å²) in [5.74, 6) is 0. The lowest BCUT2D eigenvalue weighted by atomic mass is 9.84. The van der Waals surface area contributed by atoms with Gasteiger partial charge in [0.1, 0.15) is 0 Å². The molecule has 4 nitrogen and oxygen atoms in total. The number of nitrogens with zero attached hydrogens (tertiary/aromatic N) is 2. The van der Waals surface area contributed by atoms with Crippen LogP contribution in [0.5, 0.6) is 0 Å². The third-order valence-corrected chi connectivity index (χ3v) is 3.61. The molecule has 0 N–H and O–H groups in total. The number of hydrogen-bond donors (Lipinski definition) is 0. The molecule has 0 saturated carbocycles. The predicted molar refractivity (Wildman–Crippen MR) is 70.9 cm³/mol. The van der Waals surface area contributed by atoms with Gasteiger partial charge in [-0.1, -0.05) is 6.04 Å². The average Bonchev–Trinajstić information content (AvgIpc) is 2.82. The summed E-state index contributed by atoms with van der Waals surface area (Å²) in [6, 6.07) is -1.13. The van der Waals surface area contributed by atoms with Crippen molar-refractivity contribution in [1.82, 2.24) is 9.61 Å². The normalized spacial score (nSPS) is 25.6. The number of fused-ring (bicyclic) bond motifs is 1. The minimum absolute atomic E-state index is 0.0145. The quantitative estimate of drug-likeness (QED) is 0.721. The monoisotopic (exact) mass is 249 g/mol. The third kappa shape index (κ3) is 1.58. The maximum Gasteiger partial charge on any atom is 0.514 e. The number of aromatic nitrogens is 2. The van der Waals surface area contributed by atoms with Crippen LogP contribution in [0.3, 0.4) is 0 Å². The van der Waals surface area contributed by atoms with Gasteiger partial charge in [0, 0.05) is 6.17 Å². The van der Waals surface area contributed by atoms with E-state index in [1.165, 1.54) is 0 Å². The lowest BCUT2D eigenvalue weighted by Crippen LogP contribution is -2.41. The summed E-state index contributed by atoms with van der Waals surface area (Å²) in [6.07, 6.45) is -0.318. The standard InChI is InChI=1S/C13H17BN2O2/c1-12(2)13(3,4)18-14(17-12)11-7-5-6-10-8-9-15-16(10)11/h5-9H,1-4H3/i5D,6D,7D,8D,9D. The Hall–Kier alpha value is -1.33. The molecule has 18 heavy (non-hydrogen) atoms. The van der Waals surface area contributed by atoms with Crippen molar-refractivity contribution in [3.8, 4) is 0 Å². The van der Waals surface area contributed by atoms with Crippen molar-refractivity contribution in [3.05, 3.63) is 30.3 Å². The van der Waals surface area contributed by atoms with Crippen molar-refractivity contribution in [1.29, 1.82) is 0 Å². The molecule has 0 radical (unpaired) electrons. The number of hydrogen-bond acceptors (Lipinski definition) is 3. The van der Waals surface area contributed by atoms with Gasteiger partial charge < -0.3 is 9.31 Å². The highest BCUT2D eigenvalue weighted by atomic mass is 16.7. The Kier molecular flexibility index (Phi) is 1.46. The fourth-order valence-corrected chi connectivity index (χ4v) is 1.81. The molecule has 0 unspecified atom stereocenters. The highest BCUT2D eigenvalue weighted by molar-refractivity contribution is 6.61. The molecular weight excluding hydrogens is 227 g/mol. The van der Waals surface area contributed by atoms with Gasteiger partial charge in [0.05, 0.1) is 29.2 Å². The molecule has 0 aliphatic carbocycles. The van der Waals surface area contributed by atoms with Crippen LogP contribution < -0.4 is 5.59 Å². The summed E-state index contributed by atoms with van der Waals surface area (Å²) >= 11 is 0. The Labute approximate surface area is 114 Å². The first-order valence-electron chi connectivity index (χ1n) is 8.29. The van der Waals surface area contributed by atoms with Gasteiger partial charge in [0.15, 0.2) is 0 Å². The number of pyridine rings is 1. The summed E-state index contributed by atoms with van der Waals surface area (Å²) < 4.78 is 52.7. The van der Waals surface area contributed by atoms with E-state index in [0.29, 0.717) is 0 Å². The maximum absolute atomic E-state index is 8.17. The molecule has 2 aromatic rings. The van der Waals surface area contributed by atoms with E-state index in [0.717, 1.165) is 4.52 Å². The Balaban J connectivity index is 2.29. The second-order valence-electron chi connectivity index (χ2n) is 5.35. The van der Waals surface area contributed by atoms with Gasteiger partial charge in [-0.3, -0.25) is 0 Å². The molecule has 3 heterocycles. The van der Waals surface area contributed by atoms with Crippen molar-refractivity contribution in [3.63, 3.8) is 0 Å². The zero-order chi connectivity index (χ0) is 17.3. The molecule has 0 bridgehead atoms. The van der Waals surface area contributed by atoms with Crippen LogP contribution in [-0.4, -0.2) is 27.9 Å². The maximum atomic E-state index is 8.17. The Bertz CT molecular complexity index is 805. The molecule has 1 aliphatic rings. The van der Waals surface area contributed by atoms with Gasteiger partial charge in [-0.2, -0.15) is 5.10 Å². The molecule has 94 valence electrons. The van der Waals surface area contributed by atoms with Crippen molar-refractivity contribution in [2.45, 2.75) is 38.9 Å². The summed E-state index contributed by atoms with van der Waals surface area (Å²) in [5.41, 5.74) is -1.13. The van der Waals surface area contributed by atoms with E-state index in [-0.39, 0.29) is 41.5 Å². The molecule has 1 saturated heterocycles. The van der Waals surface area contributed by atoms with E-state index in [2.05, 4.69) is 5.10 Å². The second-order valence-corrected chi connectivity index (χ2v) is 5.35. The zero-order valence-corrected chi connectivity index (χ0v) is 10.8. The predicted octanol–water partition coefficient (Wildman–Crippen LogP) is 1.63. The SMILES string of the molecule is [2H]c1nn2c(B3OC(C)(C)C(C)(C)O3)c([2H])c([2H])c([2H])c2c1[2H]. The molecule has 0 aromatic carbocycles. The molecular formula is C13H17BN2O2. The van der Waals surface area contributed by atoms with Gasteiger partial charge in [0.25, 0.3) is 0 Å². The van der Waals surface area contributed by atoms with Gasteiger partial charge in [0.2, 0.25) is 0 Å². The van der Waals surface area contributed by atoms with Crippen LogP contribution in [0.4, 0.5) is 0 Å². The molecule has 2 aromatic heterocycles. The van der Waals surface area contributed by atoms with E-state index < -0.39 is 18.3 Å². The van der Waals surface area contributed by atoms with E-state index in [9.17, 15) is 0 Å². The zero-order valence-electron chi connectivity index (χ0n) is 15.8. The Morgan fingerprint density at radius 3 is 2.50 bits per heavy atom. The minimum Gasteiger partial charge on any atom is -0.398 e. The van der Waals surface area contributed by atoms with E-state index in [1.807, 2.05) is 27.7 Å². The summed E-state index contributed by atoms with van der Waals surface area (Å²) in [5, 5.41) is 3.93. The van der Waals surface area contributed by atoms with E-state index in [4.69, 9.17) is 16.2 Å². The van der Waals surface area contributed by atoms with E-state index >= 15 is 0 Å². The topological polar surface area (TPSA) is 35.8 Å². The van der Waals surface area contributed by atoms with Crippen LogP contribution in [0.15, 0.2) is 30.3 Å². The van der Waals surface area contributed by atoms with Crippen LogP contribution in [0.1, 0.15) is 34.5 Å². The van der Waals surface area contributed by atoms with Crippen LogP contribution in [0, 0.1) is 0 Å². The second kappa shape index (κ2) is 3.59. The smallest absolute Gasteiger partial charge is 0.398 e. The van der Waals surface area contributed by atoms with Gasteiger partial charge in [-0.05, 0) is 45.8 Å². The summed E-state index contributed by atoms with van der Waals surface area (Å²) in [4.78, 5) is 0. The molecule has 1 aliphatic heterocycles. The van der Waals surface area contributed by atoms with Crippen molar-refractivity contribution >= 4 is 18.2 Å². The molecule has 0 spiro atoms. The highest BCUT2D eigenvalue weighted by Crippen LogP contribution is 2.36. The summed E-state index contributed by atoms with van der Waals surface area (Å²) in [6.45, 7) is 7.46. The average molecular weight is 249 g/mol. The van der Waals surface area contributed by atoms with Gasteiger partial charge in [-0.25, -0.2) is 4.52 Å². The molecule has 0 atom stereocenters. The first kappa shape index (κ1) is 7.31. The fraction of sp³-hybridized carbons (Fsp3) is 0.462. The first-order valence-corrected chi connectivity index (χ1v) is 5.79. The molecule has 0 amide bonds. The highest BCUT2D eigenvalue weighted by Gasteiger charge is 2.52. The largest absolute Gasteiger partial charge is 0.514 e. The van der Waals surface area contributed by atoms with Crippen LogP contribution in [0.25, 0.3) is 5.52 Å². The lowest BCUT2D eigenvalue weighted by Gasteiger charge is -2.32. The van der Waals surface area contributed by atoms with Crippen molar-refractivity contribution in [2.75, 3.05) is 0 Å². The lowest BCUT2D eigenvalue weighted by molar-refractivity contribution is 0.00578. The van der Waals surface area contributed by atoms with Gasteiger partial charge in [-0.15, -0.1) is 0 Å². The van der Waals surface area contributed by atoms with Crippen LogP contribution in [-0.2, 0) is 9.31 Å². The van der Waals surface area contributed by atoms with Crippen LogP contribution >= 0.6 is 0 Å². The first-order chi connectivity index (χ1) is 10.5. The summed E-state index contributed by atoms with van der Waals surface area (Å²) in [7, 11) is -0.960. The minimum atomic E-state index is -0.960. The molecule has 5 heteroatoms. The number of rotatable bonds is 1. The Morgan fingerprint density at radius 2 is 1.83 bits per heavy atom.